The Balaban J connectivity index is 0.00000144. The van der Waals surface area contributed by atoms with Crippen molar-refractivity contribution in [1.29, 1.82) is 0 Å². The molecule has 0 aliphatic carbocycles. The summed E-state index contributed by atoms with van der Waals surface area (Å²) in [7, 11) is 4.25. The summed E-state index contributed by atoms with van der Waals surface area (Å²) in [6.07, 6.45) is 4.40. The third kappa shape index (κ3) is 4.26. The molecule has 2 heterocycles. The number of hydrogen-bond donors (Lipinski definition) is 1. The Hall–Kier alpha value is -0.0300. The second-order valence-electron chi connectivity index (χ2n) is 5.17. The Morgan fingerprint density at radius 1 is 1.17 bits per heavy atom. The van der Waals surface area contributed by atoms with E-state index in [4.69, 9.17) is 0 Å². The summed E-state index contributed by atoms with van der Waals surface area (Å²) < 4.78 is 0. The van der Waals surface area contributed by atoms with Crippen LogP contribution in [0.3, 0.4) is 0 Å². The minimum atomic E-state index is 0. The highest BCUT2D eigenvalue weighted by Crippen LogP contribution is 2.17. The number of rotatable bonds is 2. The highest BCUT2D eigenvalue weighted by molar-refractivity contribution is 5.85. The van der Waals surface area contributed by atoms with E-state index in [1.54, 1.807) is 0 Å². The van der Waals surface area contributed by atoms with Gasteiger partial charge in [-0.1, -0.05) is 0 Å². The molecule has 0 bridgehead atoms. The zero-order valence-corrected chi connectivity index (χ0v) is 12.9. The first-order valence-corrected chi connectivity index (χ1v) is 6.37. The summed E-state index contributed by atoms with van der Waals surface area (Å²) in [4.78, 5) is 16.4. The summed E-state index contributed by atoms with van der Waals surface area (Å²) in [5, 5.41) is 3.29. The molecule has 1 amide bonds. The molecule has 2 saturated heterocycles. The molecule has 1 atom stereocenters. The first kappa shape index (κ1) is 18.0. The molecule has 2 aliphatic heterocycles. The van der Waals surface area contributed by atoms with Crippen LogP contribution in [0.4, 0.5) is 0 Å². The molecular weight excluding hydrogens is 273 g/mol. The smallest absolute Gasteiger partial charge is 0.239 e. The number of carbonyl (C=O) groups is 1. The number of hydrogen-bond acceptors (Lipinski definition) is 3. The van der Waals surface area contributed by atoms with Gasteiger partial charge in [0, 0.05) is 19.1 Å². The van der Waals surface area contributed by atoms with Gasteiger partial charge in [-0.15, -0.1) is 24.8 Å². The Morgan fingerprint density at radius 3 is 2.22 bits per heavy atom. The van der Waals surface area contributed by atoms with Crippen LogP contribution in [0, 0.1) is 0 Å². The Morgan fingerprint density at radius 2 is 1.78 bits per heavy atom. The van der Waals surface area contributed by atoms with Crippen molar-refractivity contribution < 1.29 is 4.79 Å². The SMILES string of the molecule is CN(C)C1CCN(C(=O)C2CCCN2)CC1.Cl.Cl. The molecule has 4 nitrogen and oxygen atoms in total. The molecule has 0 spiro atoms. The van der Waals surface area contributed by atoms with E-state index in [-0.39, 0.29) is 30.9 Å². The monoisotopic (exact) mass is 297 g/mol. The largest absolute Gasteiger partial charge is 0.341 e. The predicted octanol–water partition coefficient (Wildman–Crippen LogP) is 1.13. The number of carbonyl (C=O) groups excluding carboxylic acids is 1. The van der Waals surface area contributed by atoms with Gasteiger partial charge in [-0.05, 0) is 46.3 Å². The van der Waals surface area contributed by atoms with Crippen molar-refractivity contribution in [2.75, 3.05) is 33.7 Å². The average Bonchev–Trinajstić information content (AvgIpc) is 2.81. The molecule has 0 radical (unpaired) electrons. The highest BCUT2D eigenvalue weighted by atomic mass is 35.5. The van der Waals surface area contributed by atoms with Gasteiger partial charge in [0.2, 0.25) is 5.91 Å². The van der Waals surface area contributed by atoms with Gasteiger partial charge >= 0.3 is 0 Å². The first-order valence-electron chi connectivity index (χ1n) is 6.37. The molecule has 2 aliphatic rings. The topological polar surface area (TPSA) is 35.6 Å². The van der Waals surface area contributed by atoms with E-state index in [1.165, 1.54) is 0 Å². The lowest BCUT2D eigenvalue weighted by Gasteiger charge is -2.36. The summed E-state index contributed by atoms with van der Waals surface area (Å²) in [5.41, 5.74) is 0. The number of amides is 1. The first-order chi connectivity index (χ1) is 7.68. The van der Waals surface area contributed by atoms with Crippen molar-refractivity contribution in [3.63, 3.8) is 0 Å². The van der Waals surface area contributed by atoms with Crippen LogP contribution < -0.4 is 5.32 Å². The number of halogens is 2. The number of likely N-dealkylation sites (tertiary alicyclic amines) is 1. The van der Waals surface area contributed by atoms with Crippen LogP contribution in [-0.2, 0) is 4.79 Å². The van der Waals surface area contributed by atoms with E-state index in [1.807, 2.05) is 4.90 Å². The van der Waals surface area contributed by atoms with Crippen LogP contribution in [0.5, 0.6) is 0 Å². The van der Waals surface area contributed by atoms with Gasteiger partial charge in [0.1, 0.15) is 0 Å². The zero-order valence-electron chi connectivity index (χ0n) is 11.2. The summed E-state index contributed by atoms with van der Waals surface area (Å²) in [5.74, 6) is 0.328. The van der Waals surface area contributed by atoms with Crippen molar-refractivity contribution in [2.45, 2.75) is 37.8 Å². The van der Waals surface area contributed by atoms with Crippen molar-refractivity contribution in [2.24, 2.45) is 0 Å². The van der Waals surface area contributed by atoms with Crippen molar-refractivity contribution in [3.8, 4) is 0 Å². The molecule has 0 aromatic carbocycles. The highest BCUT2D eigenvalue weighted by Gasteiger charge is 2.30. The fourth-order valence-corrected chi connectivity index (χ4v) is 2.72. The number of piperidine rings is 1. The van der Waals surface area contributed by atoms with Crippen LogP contribution in [0.15, 0.2) is 0 Å². The summed E-state index contributed by atoms with van der Waals surface area (Å²) in [6.45, 7) is 2.87. The van der Waals surface area contributed by atoms with E-state index in [0.29, 0.717) is 11.9 Å². The molecule has 108 valence electrons. The van der Waals surface area contributed by atoms with Crippen LogP contribution >= 0.6 is 24.8 Å². The maximum atomic E-state index is 12.1. The Bertz CT molecular complexity index is 250. The zero-order chi connectivity index (χ0) is 11.5. The minimum Gasteiger partial charge on any atom is -0.341 e. The molecule has 1 unspecified atom stereocenters. The fraction of sp³-hybridized carbons (Fsp3) is 0.917. The van der Waals surface area contributed by atoms with Crippen LogP contribution in [0.1, 0.15) is 25.7 Å². The van der Waals surface area contributed by atoms with Gasteiger partial charge in [0.15, 0.2) is 0 Å². The molecule has 0 aromatic heterocycles. The second kappa shape index (κ2) is 8.20. The van der Waals surface area contributed by atoms with Gasteiger partial charge in [-0.2, -0.15) is 0 Å². The van der Waals surface area contributed by atoms with Crippen molar-refractivity contribution in [3.05, 3.63) is 0 Å². The molecule has 0 aromatic rings. The van der Waals surface area contributed by atoms with E-state index in [2.05, 4.69) is 24.3 Å². The van der Waals surface area contributed by atoms with Gasteiger partial charge < -0.3 is 15.1 Å². The third-order valence-electron chi connectivity index (χ3n) is 3.86. The summed E-state index contributed by atoms with van der Waals surface area (Å²) >= 11 is 0. The average molecular weight is 298 g/mol. The van der Waals surface area contributed by atoms with Crippen molar-refractivity contribution in [1.82, 2.24) is 15.1 Å². The molecule has 2 rings (SSSR count). The van der Waals surface area contributed by atoms with Crippen LogP contribution in [0.25, 0.3) is 0 Å². The molecule has 6 heteroatoms. The van der Waals surface area contributed by atoms with E-state index in [9.17, 15) is 4.79 Å². The van der Waals surface area contributed by atoms with E-state index >= 15 is 0 Å². The van der Waals surface area contributed by atoms with Crippen LogP contribution in [0.2, 0.25) is 0 Å². The molecular formula is C12H25Cl2N3O. The predicted molar refractivity (Wildman–Crippen MR) is 78.8 cm³/mol. The fourth-order valence-electron chi connectivity index (χ4n) is 2.72. The lowest BCUT2D eigenvalue weighted by atomic mass is 10.0. The molecule has 0 saturated carbocycles. The maximum absolute atomic E-state index is 12.1. The van der Waals surface area contributed by atoms with Crippen molar-refractivity contribution >= 4 is 30.7 Å². The normalized spacial score (nSPS) is 24.6. The molecule has 18 heavy (non-hydrogen) atoms. The maximum Gasteiger partial charge on any atom is 0.239 e. The van der Waals surface area contributed by atoms with Gasteiger partial charge in [0.25, 0.3) is 0 Å². The van der Waals surface area contributed by atoms with E-state index in [0.717, 1.165) is 45.3 Å². The van der Waals surface area contributed by atoms with Gasteiger partial charge in [0.05, 0.1) is 6.04 Å². The van der Waals surface area contributed by atoms with Gasteiger partial charge in [-0.25, -0.2) is 0 Å². The number of nitrogens with one attached hydrogen (secondary N) is 1. The van der Waals surface area contributed by atoms with Crippen LogP contribution in [-0.4, -0.2) is 61.5 Å². The van der Waals surface area contributed by atoms with E-state index < -0.39 is 0 Å². The van der Waals surface area contributed by atoms with Gasteiger partial charge in [-0.3, -0.25) is 4.79 Å². The summed E-state index contributed by atoms with van der Waals surface area (Å²) in [6, 6.07) is 0.761. The Labute approximate surface area is 122 Å². The third-order valence-corrected chi connectivity index (χ3v) is 3.86. The lowest BCUT2D eigenvalue weighted by molar-refractivity contribution is -0.134. The quantitative estimate of drug-likeness (QED) is 0.830. The number of nitrogens with zero attached hydrogens (tertiary/aromatic N) is 2. The minimum absolute atomic E-state index is 0. The standard InChI is InChI=1S/C12H23N3O.2ClH/c1-14(2)10-5-8-15(9-6-10)12(16)11-4-3-7-13-11;;/h10-11,13H,3-9H2,1-2H3;2*1H. The Kier molecular flexibility index (Phi) is 8.19. The molecule has 2 fully saturated rings. The second-order valence-corrected chi connectivity index (χ2v) is 5.17. The molecule has 1 N–H and O–H groups in total. The lowest BCUT2D eigenvalue weighted by Crippen LogP contribution is -2.49.